The molecule has 1 aromatic rings. The van der Waals surface area contributed by atoms with Crippen LogP contribution < -0.4 is 9.47 Å². The van der Waals surface area contributed by atoms with Crippen LogP contribution in [-0.4, -0.2) is 47.8 Å². The molecule has 0 amide bonds. The van der Waals surface area contributed by atoms with E-state index in [1.54, 1.807) is 12.1 Å². The average molecular weight is 536 g/mol. The quantitative estimate of drug-likeness (QED) is 0.389. The van der Waals surface area contributed by atoms with E-state index in [9.17, 15) is 19.5 Å². The summed E-state index contributed by atoms with van der Waals surface area (Å²) in [5.41, 5.74) is 4.60. The molecule has 3 aliphatic rings. The predicted octanol–water partition coefficient (Wildman–Crippen LogP) is 5.98. The van der Waals surface area contributed by atoms with Gasteiger partial charge >= 0.3 is 5.97 Å². The summed E-state index contributed by atoms with van der Waals surface area (Å²) in [6, 6.07) is 3.73. The van der Waals surface area contributed by atoms with Crippen molar-refractivity contribution >= 4 is 17.5 Å². The second kappa shape index (κ2) is 10.7. The number of nitrogens with zero attached hydrogens (tertiary/aromatic N) is 1. The van der Waals surface area contributed by atoms with Gasteiger partial charge in [-0.3, -0.25) is 9.59 Å². The first kappa shape index (κ1) is 28.7. The number of hydrogen-bond donors (Lipinski definition) is 1. The summed E-state index contributed by atoms with van der Waals surface area (Å²) in [6.45, 7) is 14.8. The van der Waals surface area contributed by atoms with Gasteiger partial charge in [0, 0.05) is 53.4 Å². The molecule has 0 spiro atoms. The average Bonchev–Trinajstić information content (AvgIpc) is 2.82. The molecular weight excluding hydrogens is 494 g/mol. The zero-order chi connectivity index (χ0) is 28.7. The van der Waals surface area contributed by atoms with Crippen molar-refractivity contribution in [2.75, 3.05) is 20.3 Å². The highest BCUT2D eigenvalue weighted by Crippen LogP contribution is 2.55. The Morgan fingerprint density at radius 2 is 1.62 bits per heavy atom. The van der Waals surface area contributed by atoms with E-state index in [2.05, 4.69) is 46.1 Å². The van der Waals surface area contributed by atoms with Gasteiger partial charge < -0.3 is 19.5 Å². The lowest BCUT2D eigenvalue weighted by molar-refractivity contribution is -0.139. The number of benzene rings is 1. The van der Waals surface area contributed by atoms with Gasteiger partial charge in [-0.2, -0.15) is 0 Å². The van der Waals surface area contributed by atoms with Gasteiger partial charge in [-0.05, 0) is 48.1 Å². The van der Waals surface area contributed by atoms with Crippen LogP contribution in [0.5, 0.6) is 11.5 Å². The zero-order valence-corrected chi connectivity index (χ0v) is 24.1. The monoisotopic (exact) mass is 535 g/mol. The molecule has 7 heteroatoms. The molecule has 0 atom stereocenters. The van der Waals surface area contributed by atoms with Crippen molar-refractivity contribution in [2.24, 2.45) is 10.8 Å². The number of rotatable bonds is 9. The third kappa shape index (κ3) is 5.54. The van der Waals surface area contributed by atoms with Crippen molar-refractivity contribution in [3.05, 3.63) is 58.5 Å². The fraction of sp³-hybridized carbons (Fsp3) is 0.531. The molecule has 4 rings (SSSR count). The fourth-order valence-corrected chi connectivity index (χ4v) is 6.48. The Bertz CT molecular complexity index is 1230. The minimum atomic E-state index is -1.09. The molecule has 0 fully saturated rings. The largest absolute Gasteiger partial charge is 0.493 e. The predicted molar refractivity (Wildman–Crippen MR) is 150 cm³/mol. The number of hydrogen-bond acceptors (Lipinski definition) is 6. The molecule has 7 nitrogen and oxygen atoms in total. The first-order valence-electron chi connectivity index (χ1n) is 13.8. The van der Waals surface area contributed by atoms with E-state index in [1.807, 2.05) is 6.07 Å². The molecule has 1 aromatic carbocycles. The van der Waals surface area contributed by atoms with Crippen molar-refractivity contribution in [1.29, 1.82) is 0 Å². The van der Waals surface area contributed by atoms with E-state index >= 15 is 0 Å². The van der Waals surface area contributed by atoms with Crippen LogP contribution in [0.15, 0.2) is 47.3 Å². The summed E-state index contributed by atoms with van der Waals surface area (Å²) < 4.78 is 11.3. The van der Waals surface area contributed by atoms with Gasteiger partial charge in [0.05, 0.1) is 7.11 Å². The smallest absolute Gasteiger partial charge is 0.341 e. The molecule has 0 bridgehead atoms. The second-order valence-corrected chi connectivity index (χ2v) is 12.6. The van der Waals surface area contributed by atoms with Crippen LogP contribution in [0.2, 0.25) is 0 Å². The summed E-state index contributed by atoms with van der Waals surface area (Å²) in [5.74, 6) is -0.745. The first-order chi connectivity index (χ1) is 18.3. The Kier molecular flexibility index (Phi) is 7.84. The van der Waals surface area contributed by atoms with Crippen LogP contribution >= 0.6 is 0 Å². The number of ketones is 2. The number of Topliss-reactive ketones (excluding diaryl/α,β-unsaturated/α-hetero) is 2. The van der Waals surface area contributed by atoms with Gasteiger partial charge in [0.15, 0.2) is 29.7 Å². The molecule has 1 aliphatic heterocycles. The van der Waals surface area contributed by atoms with Crippen LogP contribution in [0.1, 0.15) is 83.8 Å². The van der Waals surface area contributed by atoms with Crippen molar-refractivity contribution < 1.29 is 29.0 Å². The summed E-state index contributed by atoms with van der Waals surface area (Å²) in [5, 5.41) is 9.21. The molecule has 0 radical (unpaired) electrons. The maximum Gasteiger partial charge on any atom is 0.341 e. The maximum absolute atomic E-state index is 13.9. The van der Waals surface area contributed by atoms with Crippen molar-refractivity contribution in [3.8, 4) is 11.5 Å². The Morgan fingerprint density at radius 3 is 2.08 bits per heavy atom. The van der Waals surface area contributed by atoms with Gasteiger partial charge in [-0.25, -0.2) is 4.79 Å². The second-order valence-electron chi connectivity index (χ2n) is 12.6. The molecule has 1 heterocycles. The van der Waals surface area contributed by atoms with Crippen molar-refractivity contribution in [3.63, 3.8) is 0 Å². The number of ether oxygens (including phenoxy) is 2. The van der Waals surface area contributed by atoms with Crippen molar-refractivity contribution in [2.45, 2.75) is 79.1 Å². The van der Waals surface area contributed by atoms with Crippen LogP contribution in [0.3, 0.4) is 0 Å². The first-order valence-corrected chi connectivity index (χ1v) is 13.8. The highest BCUT2D eigenvalue weighted by atomic mass is 16.5. The highest BCUT2D eigenvalue weighted by Gasteiger charge is 2.49. The lowest BCUT2D eigenvalue weighted by atomic mass is 9.63. The number of carboxylic acid groups (broad SMARTS) is 1. The van der Waals surface area contributed by atoms with Gasteiger partial charge in [0.1, 0.15) is 0 Å². The molecule has 0 saturated heterocycles. The van der Waals surface area contributed by atoms with E-state index in [1.165, 1.54) is 7.11 Å². The molecule has 0 unspecified atom stereocenters. The standard InChI is InChI=1S/C32H41NO6/c1-8-10-19-12-20(13-25(38-7)30(19)39-18-26(36)37)27-28-21(14-31(3,4)16-23(28)34)33(11-9-2)22-15-32(5,6)17-24(35)29(22)27/h8,12-13,27H,1,9-11,14-18H2,2-7H3,(H,36,37). The van der Waals surface area contributed by atoms with Gasteiger partial charge in [-0.1, -0.05) is 46.8 Å². The zero-order valence-electron chi connectivity index (χ0n) is 24.1. The van der Waals surface area contributed by atoms with E-state index in [0.29, 0.717) is 47.5 Å². The number of carbonyl (C=O) groups excluding carboxylic acids is 2. The van der Waals surface area contributed by atoms with E-state index in [0.717, 1.165) is 42.8 Å². The molecule has 39 heavy (non-hydrogen) atoms. The number of carbonyl (C=O) groups is 3. The van der Waals surface area contributed by atoms with Crippen LogP contribution in [0, 0.1) is 10.8 Å². The van der Waals surface area contributed by atoms with E-state index in [4.69, 9.17) is 9.47 Å². The summed E-state index contributed by atoms with van der Waals surface area (Å²) in [7, 11) is 1.51. The third-order valence-corrected chi connectivity index (χ3v) is 7.88. The van der Waals surface area contributed by atoms with Crippen LogP contribution in [0.4, 0.5) is 0 Å². The molecule has 0 saturated carbocycles. The molecule has 1 N–H and O–H groups in total. The van der Waals surface area contributed by atoms with E-state index < -0.39 is 18.5 Å². The minimum absolute atomic E-state index is 0.0759. The number of allylic oxidation sites excluding steroid dienone is 5. The normalized spacial score (nSPS) is 20.5. The van der Waals surface area contributed by atoms with Crippen molar-refractivity contribution in [1.82, 2.24) is 4.90 Å². The van der Waals surface area contributed by atoms with Crippen LogP contribution in [-0.2, 0) is 20.8 Å². The SMILES string of the molecule is C=CCc1cc(C2C3=C(CC(C)(C)CC3=O)N(CCC)C3=C2C(=O)CC(C)(C)C3)cc(OC)c1OCC(=O)O. The molecular formula is C32H41NO6. The lowest BCUT2D eigenvalue weighted by Crippen LogP contribution is -2.44. The molecule has 0 aromatic heterocycles. The summed E-state index contributed by atoms with van der Waals surface area (Å²) in [6.07, 6.45) is 5.37. The lowest BCUT2D eigenvalue weighted by Gasteiger charge is -2.49. The Hall–Kier alpha value is -3.35. The highest BCUT2D eigenvalue weighted by molar-refractivity contribution is 6.06. The number of carboxylic acids is 1. The van der Waals surface area contributed by atoms with Gasteiger partial charge in [0.2, 0.25) is 0 Å². The Labute approximate surface area is 231 Å². The fourth-order valence-electron chi connectivity index (χ4n) is 6.48. The molecule has 210 valence electrons. The minimum Gasteiger partial charge on any atom is -0.493 e. The summed E-state index contributed by atoms with van der Waals surface area (Å²) >= 11 is 0. The summed E-state index contributed by atoms with van der Waals surface area (Å²) in [4.78, 5) is 41.4. The Balaban J connectivity index is 2.01. The maximum atomic E-state index is 13.9. The molecule has 2 aliphatic carbocycles. The van der Waals surface area contributed by atoms with Gasteiger partial charge in [-0.15, -0.1) is 6.58 Å². The topological polar surface area (TPSA) is 93.1 Å². The number of methoxy groups -OCH3 is 1. The van der Waals surface area contributed by atoms with E-state index in [-0.39, 0.29) is 22.4 Å². The van der Waals surface area contributed by atoms with Crippen LogP contribution in [0.25, 0.3) is 0 Å². The van der Waals surface area contributed by atoms with Gasteiger partial charge in [0.25, 0.3) is 0 Å². The number of aliphatic carboxylic acids is 1. The Morgan fingerprint density at radius 1 is 1.05 bits per heavy atom. The third-order valence-electron chi connectivity index (χ3n) is 7.88.